The minimum Gasteiger partial charge on any atom is -0.303 e. The zero-order chi connectivity index (χ0) is 9.26. The smallest absolute Gasteiger partial charge is 0.127 e. The number of rotatable bonds is 2. The maximum Gasteiger partial charge on any atom is 0.127 e. The Kier molecular flexibility index (Phi) is 2.02. The van der Waals surface area contributed by atoms with Gasteiger partial charge in [0.15, 0.2) is 0 Å². The van der Waals surface area contributed by atoms with Crippen LogP contribution in [-0.4, -0.2) is 15.7 Å². The van der Waals surface area contributed by atoms with E-state index in [1.807, 2.05) is 12.1 Å². The van der Waals surface area contributed by atoms with Crippen molar-refractivity contribution in [1.82, 2.24) is 9.38 Å². The van der Waals surface area contributed by atoms with Gasteiger partial charge in [0.25, 0.3) is 0 Å². The Labute approximate surface area is 80.0 Å². The summed E-state index contributed by atoms with van der Waals surface area (Å²) in [5.74, 6) is 0.676. The van der Waals surface area contributed by atoms with Gasteiger partial charge in [-0.2, -0.15) is 0 Å². The molecule has 0 saturated heterocycles. The van der Waals surface area contributed by atoms with E-state index in [2.05, 4.69) is 4.98 Å². The Morgan fingerprint density at radius 1 is 1.54 bits per heavy atom. The third-order valence-electron chi connectivity index (χ3n) is 1.84. The van der Waals surface area contributed by atoms with Crippen molar-refractivity contribution in [3.8, 4) is 0 Å². The molecule has 0 aromatic carbocycles. The van der Waals surface area contributed by atoms with E-state index < -0.39 is 0 Å². The van der Waals surface area contributed by atoms with Crippen LogP contribution < -0.4 is 0 Å². The van der Waals surface area contributed by atoms with Crippen molar-refractivity contribution in [1.29, 1.82) is 0 Å². The summed E-state index contributed by atoms with van der Waals surface area (Å²) in [5, 5.41) is 0.576. The summed E-state index contributed by atoms with van der Waals surface area (Å²) in [5.41, 5.74) is 0.907. The number of aldehydes is 1. The lowest BCUT2D eigenvalue weighted by atomic mass is 10.4. The molecule has 2 heterocycles. The predicted octanol–water partition coefficient (Wildman–Crippen LogP) is 1.73. The molecule has 0 atom stereocenters. The van der Waals surface area contributed by atoms with Crippen LogP contribution in [-0.2, 0) is 11.2 Å². The molecule has 2 rings (SSSR count). The quantitative estimate of drug-likeness (QED) is 0.539. The molecule has 0 spiro atoms. The first kappa shape index (κ1) is 8.26. The molecule has 2 aromatic rings. The fourth-order valence-electron chi connectivity index (χ4n) is 1.29. The summed E-state index contributed by atoms with van der Waals surface area (Å²) in [6.07, 6.45) is 2.81. The Bertz CT molecular complexity index is 450. The van der Waals surface area contributed by atoms with Crippen LogP contribution in [0.2, 0.25) is 5.15 Å². The lowest BCUT2D eigenvalue weighted by Crippen LogP contribution is -1.96. The highest BCUT2D eigenvalue weighted by atomic mass is 35.5. The maximum absolute atomic E-state index is 10.3. The third kappa shape index (κ3) is 1.31. The van der Waals surface area contributed by atoms with Crippen molar-refractivity contribution in [3.63, 3.8) is 0 Å². The van der Waals surface area contributed by atoms with Gasteiger partial charge < -0.3 is 4.79 Å². The molecule has 0 aliphatic carbocycles. The molecule has 0 bridgehead atoms. The molecule has 13 heavy (non-hydrogen) atoms. The highest BCUT2D eigenvalue weighted by Gasteiger charge is 2.04. The summed E-state index contributed by atoms with van der Waals surface area (Å²) < 4.78 is 1.76. The Morgan fingerprint density at radius 3 is 3.15 bits per heavy atom. The van der Waals surface area contributed by atoms with E-state index in [4.69, 9.17) is 11.6 Å². The van der Waals surface area contributed by atoms with Gasteiger partial charge in [-0.25, -0.2) is 4.98 Å². The molecular formula is C9H7ClN2O. The predicted molar refractivity (Wildman–Crippen MR) is 50.0 cm³/mol. The number of halogens is 1. The second kappa shape index (κ2) is 3.18. The molecule has 0 aliphatic rings. The summed E-state index contributed by atoms with van der Waals surface area (Å²) in [6.45, 7) is 0. The number of carbonyl (C=O) groups is 1. The first-order chi connectivity index (χ1) is 6.33. The summed E-state index contributed by atoms with van der Waals surface area (Å²) in [4.78, 5) is 14.4. The molecular weight excluding hydrogens is 188 g/mol. The van der Waals surface area contributed by atoms with Gasteiger partial charge in [-0.05, 0) is 12.1 Å². The summed E-state index contributed by atoms with van der Waals surface area (Å²) in [6, 6.07) is 5.52. The average Bonchev–Trinajstić information content (AvgIpc) is 2.51. The van der Waals surface area contributed by atoms with Crippen molar-refractivity contribution < 1.29 is 4.79 Å². The van der Waals surface area contributed by atoms with Crippen LogP contribution >= 0.6 is 11.6 Å². The average molecular weight is 195 g/mol. The van der Waals surface area contributed by atoms with E-state index in [1.54, 1.807) is 16.7 Å². The van der Waals surface area contributed by atoms with Crippen molar-refractivity contribution in [2.24, 2.45) is 0 Å². The Morgan fingerprint density at radius 2 is 2.38 bits per heavy atom. The topological polar surface area (TPSA) is 34.4 Å². The number of pyridine rings is 1. The van der Waals surface area contributed by atoms with Crippen molar-refractivity contribution >= 4 is 23.4 Å². The van der Waals surface area contributed by atoms with Crippen LogP contribution in [0.15, 0.2) is 24.4 Å². The van der Waals surface area contributed by atoms with Gasteiger partial charge in [-0.15, -0.1) is 0 Å². The number of nitrogens with zero attached hydrogens (tertiary/aromatic N) is 2. The molecule has 66 valence electrons. The molecule has 0 unspecified atom stereocenters. The molecule has 0 radical (unpaired) electrons. The largest absolute Gasteiger partial charge is 0.303 e. The van der Waals surface area contributed by atoms with E-state index in [-0.39, 0.29) is 6.42 Å². The molecule has 0 saturated carbocycles. The second-order valence-electron chi connectivity index (χ2n) is 2.65. The standard InChI is InChI=1S/C9H7ClN2O/c10-8-3-1-2-7-6-11-9(4-5-13)12(7)8/h1-3,5-6H,4H2. The molecule has 4 heteroatoms. The zero-order valence-corrected chi connectivity index (χ0v) is 7.53. The summed E-state index contributed by atoms with van der Waals surface area (Å²) in [7, 11) is 0. The van der Waals surface area contributed by atoms with Gasteiger partial charge in [0.1, 0.15) is 17.3 Å². The molecule has 0 N–H and O–H groups in total. The SMILES string of the molecule is O=CCc1ncc2cccc(Cl)n12. The number of imidazole rings is 1. The van der Waals surface area contributed by atoms with Crippen LogP contribution in [0.3, 0.4) is 0 Å². The fourth-order valence-corrected chi connectivity index (χ4v) is 1.56. The number of fused-ring (bicyclic) bond motifs is 1. The minimum atomic E-state index is 0.290. The lowest BCUT2D eigenvalue weighted by Gasteiger charge is -1.99. The zero-order valence-electron chi connectivity index (χ0n) is 6.77. The Balaban J connectivity index is 2.70. The van der Waals surface area contributed by atoms with Gasteiger partial charge in [0.05, 0.1) is 18.1 Å². The normalized spacial score (nSPS) is 10.5. The van der Waals surface area contributed by atoms with Gasteiger partial charge in [0, 0.05) is 0 Å². The number of carbonyl (C=O) groups excluding carboxylic acids is 1. The molecule has 2 aromatic heterocycles. The molecule has 0 aliphatic heterocycles. The van der Waals surface area contributed by atoms with E-state index >= 15 is 0 Å². The van der Waals surface area contributed by atoms with Crippen LogP contribution in [0.5, 0.6) is 0 Å². The number of hydrogen-bond donors (Lipinski definition) is 0. The number of aromatic nitrogens is 2. The number of hydrogen-bond acceptors (Lipinski definition) is 2. The van der Waals surface area contributed by atoms with Gasteiger partial charge in [-0.1, -0.05) is 17.7 Å². The lowest BCUT2D eigenvalue weighted by molar-refractivity contribution is -0.107. The van der Waals surface area contributed by atoms with Gasteiger partial charge in [-0.3, -0.25) is 4.40 Å². The second-order valence-corrected chi connectivity index (χ2v) is 3.04. The maximum atomic E-state index is 10.3. The third-order valence-corrected chi connectivity index (χ3v) is 2.14. The first-order valence-electron chi connectivity index (χ1n) is 3.87. The summed E-state index contributed by atoms with van der Waals surface area (Å²) >= 11 is 5.95. The van der Waals surface area contributed by atoms with Crippen molar-refractivity contribution in [3.05, 3.63) is 35.4 Å². The fraction of sp³-hybridized carbons (Fsp3) is 0.111. The molecule has 0 amide bonds. The van der Waals surface area contributed by atoms with Crippen LogP contribution in [0.25, 0.3) is 5.52 Å². The van der Waals surface area contributed by atoms with E-state index in [1.165, 1.54) is 0 Å². The van der Waals surface area contributed by atoms with Crippen LogP contribution in [0.4, 0.5) is 0 Å². The van der Waals surface area contributed by atoms with Crippen molar-refractivity contribution in [2.75, 3.05) is 0 Å². The van der Waals surface area contributed by atoms with Crippen LogP contribution in [0, 0.1) is 0 Å². The van der Waals surface area contributed by atoms with Gasteiger partial charge in [0.2, 0.25) is 0 Å². The first-order valence-corrected chi connectivity index (χ1v) is 4.25. The molecule has 3 nitrogen and oxygen atoms in total. The highest BCUT2D eigenvalue weighted by Crippen LogP contribution is 2.14. The Hall–Kier alpha value is -1.35. The van der Waals surface area contributed by atoms with E-state index in [0.717, 1.165) is 11.8 Å². The minimum absolute atomic E-state index is 0.290. The van der Waals surface area contributed by atoms with Crippen LogP contribution in [0.1, 0.15) is 5.82 Å². The highest BCUT2D eigenvalue weighted by molar-refractivity contribution is 6.29. The van der Waals surface area contributed by atoms with Gasteiger partial charge >= 0.3 is 0 Å². The van der Waals surface area contributed by atoms with E-state index in [0.29, 0.717) is 11.0 Å². The monoisotopic (exact) mass is 194 g/mol. The molecule has 0 fully saturated rings. The van der Waals surface area contributed by atoms with Crippen molar-refractivity contribution in [2.45, 2.75) is 6.42 Å². The van der Waals surface area contributed by atoms with E-state index in [9.17, 15) is 4.79 Å².